The number of likely N-dealkylation sites (tertiary alicyclic amines) is 1. The molecule has 7 heteroatoms. The van der Waals surface area contributed by atoms with E-state index in [1.54, 1.807) is 6.20 Å². The van der Waals surface area contributed by atoms with Gasteiger partial charge in [-0.3, -0.25) is 4.79 Å². The van der Waals surface area contributed by atoms with Gasteiger partial charge in [-0.05, 0) is 72.7 Å². The van der Waals surface area contributed by atoms with Crippen LogP contribution >= 0.6 is 0 Å². The van der Waals surface area contributed by atoms with E-state index >= 15 is 0 Å². The molecule has 0 spiro atoms. The van der Waals surface area contributed by atoms with Crippen LogP contribution in [0.15, 0.2) is 48.8 Å². The Bertz CT molecular complexity index is 877. The van der Waals surface area contributed by atoms with Crippen molar-refractivity contribution in [3.63, 3.8) is 0 Å². The Kier molecular flexibility index (Phi) is 11.4. The van der Waals surface area contributed by atoms with Crippen LogP contribution in [0.3, 0.4) is 0 Å². The van der Waals surface area contributed by atoms with Crippen molar-refractivity contribution < 1.29 is 9.18 Å². The lowest BCUT2D eigenvalue weighted by atomic mass is 9.85. The number of amides is 1. The Hall–Kier alpha value is -2.93. The van der Waals surface area contributed by atoms with Crippen molar-refractivity contribution in [2.45, 2.75) is 46.1 Å². The smallest absolute Gasteiger partial charge is 0.222 e. The van der Waals surface area contributed by atoms with Gasteiger partial charge in [-0.25, -0.2) is 9.37 Å². The number of benzene rings is 1. The highest BCUT2D eigenvalue weighted by Gasteiger charge is 2.25. The van der Waals surface area contributed by atoms with Crippen molar-refractivity contribution in [2.24, 2.45) is 5.92 Å². The quantitative estimate of drug-likeness (QED) is 0.556. The average molecular weight is 456 g/mol. The fourth-order valence-corrected chi connectivity index (χ4v) is 3.92. The molecule has 2 heterocycles. The van der Waals surface area contributed by atoms with Gasteiger partial charge < -0.3 is 21.3 Å². The number of allylic oxidation sites excluding steroid dienone is 1. The molecule has 3 rings (SSSR count). The number of hydrogen-bond donors (Lipinski definition) is 3. The number of anilines is 1. The second kappa shape index (κ2) is 14.3. The SMILES string of the molecule is CCCC(=O)N1CCC(/C(=C/NC)c2ccc(F)cc2)CC1.CCNCc1ccnc(N)c1. The number of carbonyl (C=O) groups excluding carboxylic acids is 1. The van der Waals surface area contributed by atoms with Crippen molar-refractivity contribution >= 4 is 17.3 Å². The first-order valence-corrected chi connectivity index (χ1v) is 11.8. The summed E-state index contributed by atoms with van der Waals surface area (Å²) in [5, 5.41) is 6.30. The largest absolute Gasteiger partial charge is 0.394 e. The van der Waals surface area contributed by atoms with Crippen molar-refractivity contribution in [1.29, 1.82) is 0 Å². The van der Waals surface area contributed by atoms with E-state index in [1.807, 2.05) is 49.3 Å². The number of pyridine rings is 1. The Morgan fingerprint density at radius 3 is 2.48 bits per heavy atom. The van der Waals surface area contributed by atoms with Gasteiger partial charge in [-0.2, -0.15) is 0 Å². The van der Waals surface area contributed by atoms with Gasteiger partial charge in [-0.1, -0.05) is 26.0 Å². The topological polar surface area (TPSA) is 83.3 Å². The summed E-state index contributed by atoms with van der Waals surface area (Å²) in [4.78, 5) is 17.8. The lowest BCUT2D eigenvalue weighted by molar-refractivity contribution is -0.132. The molecule has 6 nitrogen and oxygen atoms in total. The van der Waals surface area contributed by atoms with Gasteiger partial charge in [0.05, 0.1) is 0 Å². The lowest BCUT2D eigenvalue weighted by Crippen LogP contribution is -2.38. The minimum atomic E-state index is -0.215. The number of rotatable bonds is 8. The Labute approximate surface area is 197 Å². The number of nitrogens with two attached hydrogens (primary N) is 1. The molecule has 1 fully saturated rings. The van der Waals surface area contributed by atoms with Gasteiger partial charge in [0.1, 0.15) is 11.6 Å². The van der Waals surface area contributed by atoms with E-state index in [0.29, 0.717) is 18.2 Å². The fourth-order valence-electron chi connectivity index (χ4n) is 3.92. The number of nitrogens with one attached hydrogen (secondary N) is 2. The van der Waals surface area contributed by atoms with E-state index < -0.39 is 0 Å². The molecule has 1 aliphatic rings. The third-order valence-electron chi connectivity index (χ3n) is 5.65. The predicted octanol–water partition coefficient (Wildman–Crippen LogP) is 4.20. The van der Waals surface area contributed by atoms with Gasteiger partial charge in [0.15, 0.2) is 0 Å². The molecular formula is C26H38FN5O. The first-order valence-electron chi connectivity index (χ1n) is 11.8. The lowest BCUT2D eigenvalue weighted by Gasteiger charge is -2.33. The molecule has 33 heavy (non-hydrogen) atoms. The Balaban J connectivity index is 0.000000294. The fraction of sp³-hybridized carbons (Fsp3) is 0.462. The number of piperidine rings is 1. The predicted molar refractivity (Wildman–Crippen MR) is 134 cm³/mol. The minimum Gasteiger partial charge on any atom is -0.394 e. The highest BCUT2D eigenvalue weighted by molar-refractivity contribution is 5.76. The molecule has 0 aliphatic carbocycles. The number of nitrogen functional groups attached to an aromatic ring is 1. The van der Waals surface area contributed by atoms with Crippen LogP contribution in [0.5, 0.6) is 0 Å². The number of carbonyl (C=O) groups is 1. The zero-order valence-electron chi connectivity index (χ0n) is 20.1. The third kappa shape index (κ3) is 8.85. The molecule has 1 saturated heterocycles. The summed E-state index contributed by atoms with van der Waals surface area (Å²) in [6.07, 6.45) is 7.19. The number of hydrogen-bond acceptors (Lipinski definition) is 5. The van der Waals surface area contributed by atoms with Crippen molar-refractivity contribution in [2.75, 3.05) is 32.4 Å². The Morgan fingerprint density at radius 2 is 1.91 bits per heavy atom. The van der Waals surface area contributed by atoms with Gasteiger partial charge in [0.2, 0.25) is 5.91 Å². The Morgan fingerprint density at radius 1 is 1.21 bits per heavy atom. The van der Waals surface area contributed by atoms with E-state index in [-0.39, 0.29) is 11.7 Å². The van der Waals surface area contributed by atoms with Gasteiger partial charge >= 0.3 is 0 Å². The molecule has 1 amide bonds. The second-order valence-electron chi connectivity index (χ2n) is 8.17. The standard InChI is InChI=1S/C18H25FN2O.C8H13N3/c1-3-4-18(22)21-11-9-15(10-12-21)17(13-20-2)14-5-7-16(19)8-6-14;1-2-10-6-7-3-4-11-8(9)5-7/h5-8,13,15,20H,3-4,9-12H2,1-2H3;3-5,10H,2,6H2,1H3,(H2,9,11)/b17-13+;. The molecule has 0 unspecified atom stereocenters. The second-order valence-corrected chi connectivity index (χ2v) is 8.17. The molecule has 0 radical (unpaired) electrons. The molecule has 0 saturated carbocycles. The zero-order valence-corrected chi connectivity index (χ0v) is 20.1. The molecule has 1 aliphatic heterocycles. The van der Waals surface area contributed by atoms with Crippen LogP contribution in [-0.2, 0) is 11.3 Å². The van der Waals surface area contributed by atoms with Crippen LogP contribution in [-0.4, -0.2) is 42.5 Å². The highest BCUT2D eigenvalue weighted by Crippen LogP contribution is 2.31. The van der Waals surface area contributed by atoms with Crippen LogP contribution in [0.4, 0.5) is 10.2 Å². The third-order valence-corrected chi connectivity index (χ3v) is 5.65. The number of aromatic nitrogens is 1. The summed E-state index contributed by atoms with van der Waals surface area (Å²) in [5.41, 5.74) is 8.92. The van der Waals surface area contributed by atoms with Crippen molar-refractivity contribution in [3.8, 4) is 0 Å². The molecule has 4 N–H and O–H groups in total. The van der Waals surface area contributed by atoms with Crippen LogP contribution in [0.2, 0.25) is 0 Å². The van der Waals surface area contributed by atoms with Gasteiger partial charge in [0, 0.05) is 45.5 Å². The molecule has 0 bridgehead atoms. The number of nitrogens with zero attached hydrogens (tertiary/aromatic N) is 2. The summed E-state index contributed by atoms with van der Waals surface area (Å²) < 4.78 is 13.1. The average Bonchev–Trinajstić information content (AvgIpc) is 2.83. The maximum Gasteiger partial charge on any atom is 0.222 e. The van der Waals surface area contributed by atoms with Crippen molar-refractivity contribution in [1.82, 2.24) is 20.5 Å². The maximum atomic E-state index is 13.1. The minimum absolute atomic E-state index is 0.215. The molecule has 1 aromatic carbocycles. The van der Waals surface area contributed by atoms with Crippen LogP contribution < -0.4 is 16.4 Å². The van der Waals surface area contributed by atoms with E-state index in [0.717, 1.165) is 51.0 Å². The summed E-state index contributed by atoms with van der Waals surface area (Å²) >= 11 is 0. The molecule has 180 valence electrons. The molecule has 2 aromatic rings. The zero-order chi connectivity index (χ0) is 24.1. The normalized spacial score (nSPS) is 14.4. The van der Waals surface area contributed by atoms with E-state index in [2.05, 4.69) is 22.5 Å². The summed E-state index contributed by atoms with van der Waals surface area (Å²) in [7, 11) is 1.88. The van der Waals surface area contributed by atoms with Crippen LogP contribution in [0.25, 0.3) is 5.57 Å². The van der Waals surface area contributed by atoms with Gasteiger partial charge in [0.25, 0.3) is 0 Å². The summed E-state index contributed by atoms with van der Waals surface area (Å²) in [6.45, 7) is 7.57. The van der Waals surface area contributed by atoms with Crippen LogP contribution in [0.1, 0.15) is 50.7 Å². The van der Waals surface area contributed by atoms with E-state index in [1.165, 1.54) is 23.3 Å². The molecular weight excluding hydrogens is 417 g/mol. The summed E-state index contributed by atoms with van der Waals surface area (Å²) in [5.74, 6) is 1.04. The highest BCUT2D eigenvalue weighted by atomic mass is 19.1. The molecule has 0 atom stereocenters. The van der Waals surface area contributed by atoms with Gasteiger partial charge in [-0.15, -0.1) is 0 Å². The first-order chi connectivity index (χ1) is 16.0. The van der Waals surface area contributed by atoms with Crippen LogP contribution in [0, 0.1) is 11.7 Å². The number of halogens is 1. The first kappa shape index (κ1) is 26.3. The van der Waals surface area contributed by atoms with E-state index in [9.17, 15) is 9.18 Å². The summed E-state index contributed by atoms with van der Waals surface area (Å²) in [6, 6.07) is 10.5. The maximum absolute atomic E-state index is 13.1. The molecule has 1 aromatic heterocycles. The van der Waals surface area contributed by atoms with E-state index in [4.69, 9.17) is 5.73 Å². The van der Waals surface area contributed by atoms with Crippen molar-refractivity contribution in [3.05, 3.63) is 65.7 Å². The monoisotopic (exact) mass is 455 g/mol.